The smallest absolute Gasteiger partial charge is 0.410 e. The van der Waals surface area contributed by atoms with Crippen LogP contribution in [0.2, 0.25) is 10.0 Å². The Morgan fingerprint density at radius 2 is 1.83 bits per heavy atom. The summed E-state index contributed by atoms with van der Waals surface area (Å²) in [6.07, 6.45) is -0.660. The number of benzene rings is 1. The Labute approximate surface area is 221 Å². The Morgan fingerprint density at radius 1 is 1.19 bits per heavy atom. The van der Waals surface area contributed by atoms with E-state index in [1.807, 2.05) is 4.98 Å². The van der Waals surface area contributed by atoms with E-state index < -0.39 is 39.9 Å². The van der Waals surface area contributed by atoms with Crippen molar-refractivity contribution >= 4 is 46.9 Å². The zero-order chi connectivity index (χ0) is 27.0. The van der Waals surface area contributed by atoms with Crippen LogP contribution < -0.4 is 5.56 Å². The van der Waals surface area contributed by atoms with Gasteiger partial charge in [-0.2, -0.15) is 8.78 Å². The molecule has 0 radical (unpaired) electrons. The highest BCUT2D eigenvalue weighted by molar-refractivity contribution is 6.36. The van der Waals surface area contributed by atoms with E-state index in [1.54, 1.807) is 39.8 Å². The molecule has 0 atom stereocenters. The van der Waals surface area contributed by atoms with Gasteiger partial charge in [0.2, 0.25) is 0 Å². The van der Waals surface area contributed by atoms with Crippen LogP contribution in [0.1, 0.15) is 66.4 Å². The number of carbonyl (C=O) groups is 2. The maximum absolute atomic E-state index is 13.8. The molecule has 2 aromatic rings. The number of likely N-dealkylation sites (tertiary alicyclic amines) is 1. The third-order valence-corrected chi connectivity index (χ3v) is 6.46. The summed E-state index contributed by atoms with van der Waals surface area (Å²) < 4.78 is 37.9. The molecule has 0 saturated carbocycles. The number of rotatable bonds is 6. The summed E-state index contributed by atoms with van der Waals surface area (Å²) in [5.74, 6) is -1.10. The van der Waals surface area contributed by atoms with E-state index in [1.165, 1.54) is 4.90 Å². The number of esters is 1. The van der Waals surface area contributed by atoms with E-state index in [4.69, 9.17) is 44.3 Å². The molecule has 7 nitrogen and oxygen atoms in total. The molecule has 0 bridgehead atoms. The van der Waals surface area contributed by atoms with Crippen molar-refractivity contribution < 1.29 is 27.8 Å². The standard InChI is InChI=1S/C24H25Cl3F2N2O5/c1-5-35-21(33)18-12(9-17(24(27,28)29)30-20(18)32)8-15-16(25)7-6-14(19(15)26)13-10-31(11-13)22(34)36-23(2,3)4/h6-7,9,13H,5,8,10-11H2,1-4H3,(H,30,32). The number of halogens is 5. The number of hydrogen-bond acceptors (Lipinski definition) is 5. The number of ether oxygens (including phenoxy) is 2. The van der Waals surface area contributed by atoms with E-state index in [0.717, 1.165) is 6.07 Å². The Morgan fingerprint density at radius 3 is 2.39 bits per heavy atom. The molecule has 1 fully saturated rings. The van der Waals surface area contributed by atoms with Crippen molar-refractivity contribution in [1.82, 2.24) is 9.88 Å². The van der Waals surface area contributed by atoms with Gasteiger partial charge >= 0.3 is 17.4 Å². The van der Waals surface area contributed by atoms with Gasteiger partial charge in [-0.1, -0.05) is 29.3 Å². The molecule has 0 aliphatic carbocycles. The van der Waals surface area contributed by atoms with Crippen molar-refractivity contribution in [1.29, 1.82) is 0 Å². The molecule has 1 N–H and O–H groups in total. The van der Waals surface area contributed by atoms with Crippen LogP contribution in [0.4, 0.5) is 13.6 Å². The first kappa shape index (κ1) is 28.2. The van der Waals surface area contributed by atoms with Crippen LogP contribution in [0, 0.1) is 0 Å². The summed E-state index contributed by atoms with van der Waals surface area (Å²) in [4.78, 5) is 40.7. The zero-order valence-corrected chi connectivity index (χ0v) is 22.3. The fourth-order valence-corrected chi connectivity index (χ4v) is 4.53. The van der Waals surface area contributed by atoms with Crippen molar-refractivity contribution in [2.24, 2.45) is 0 Å². The average Bonchev–Trinajstić information content (AvgIpc) is 2.69. The monoisotopic (exact) mass is 564 g/mol. The van der Waals surface area contributed by atoms with Gasteiger partial charge < -0.3 is 19.4 Å². The average molecular weight is 566 g/mol. The quantitative estimate of drug-likeness (QED) is 0.339. The summed E-state index contributed by atoms with van der Waals surface area (Å²) in [6, 6.07) is 4.23. The summed E-state index contributed by atoms with van der Waals surface area (Å²) in [7, 11) is 0. The maximum Gasteiger partial charge on any atom is 0.410 e. The van der Waals surface area contributed by atoms with Crippen molar-refractivity contribution in [3.63, 3.8) is 0 Å². The fourth-order valence-electron chi connectivity index (χ4n) is 3.77. The highest BCUT2D eigenvalue weighted by Gasteiger charge is 2.36. The van der Waals surface area contributed by atoms with Gasteiger partial charge in [-0.25, -0.2) is 9.59 Å². The lowest BCUT2D eigenvalue weighted by molar-refractivity contribution is 0.00817. The Balaban J connectivity index is 1.96. The number of aromatic amines is 1. The maximum atomic E-state index is 13.8. The molecule has 1 aliphatic heterocycles. The molecule has 1 aromatic carbocycles. The number of hydrogen-bond donors (Lipinski definition) is 1. The van der Waals surface area contributed by atoms with Gasteiger partial charge in [-0.05, 0) is 68.1 Å². The summed E-state index contributed by atoms with van der Waals surface area (Å²) >= 11 is 18.2. The summed E-state index contributed by atoms with van der Waals surface area (Å²) in [5.41, 5.74) is -2.09. The van der Waals surface area contributed by atoms with Gasteiger partial charge in [0.15, 0.2) is 0 Å². The Hall–Kier alpha value is -2.36. The number of pyridine rings is 1. The third kappa shape index (κ3) is 6.30. The minimum absolute atomic E-state index is 0.0298. The first-order valence-electron chi connectivity index (χ1n) is 11.1. The lowest BCUT2D eigenvalue weighted by Gasteiger charge is -2.40. The lowest BCUT2D eigenvalue weighted by Crippen LogP contribution is -2.50. The molecule has 196 valence electrons. The zero-order valence-electron chi connectivity index (χ0n) is 20.0. The second-order valence-electron chi connectivity index (χ2n) is 9.32. The molecule has 1 saturated heterocycles. The molecule has 2 heterocycles. The fraction of sp³-hybridized carbons (Fsp3) is 0.458. The van der Waals surface area contributed by atoms with Crippen LogP contribution in [0.5, 0.6) is 0 Å². The van der Waals surface area contributed by atoms with Crippen molar-refractivity contribution in [2.75, 3.05) is 19.7 Å². The number of amides is 1. The van der Waals surface area contributed by atoms with Crippen LogP contribution in [0.25, 0.3) is 0 Å². The molecule has 1 aliphatic rings. The normalized spacial score (nSPS) is 14.4. The SMILES string of the molecule is CCOC(=O)c1c(Cc2c(Cl)ccc(C3CN(C(=O)OC(C)(C)C)C3)c2Cl)cc(C(F)(F)Cl)[nH]c1=O. The van der Waals surface area contributed by atoms with Gasteiger partial charge in [-0.15, -0.1) is 0 Å². The summed E-state index contributed by atoms with van der Waals surface area (Å²) in [5, 5.41) is -3.43. The minimum Gasteiger partial charge on any atom is -0.462 e. The molecule has 1 aromatic heterocycles. The van der Waals surface area contributed by atoms with Crippen LogP contribution in [0.15, 0.2) is 23.0 Å². The van der Waals surface area contributed by atoms with Gasteiger partial charge in [0.25, 0.3) is 5.56 Å². The van der Waals surface area contributed by atoms with Gasteiger partial charge in [0, 0.05) is 35.5 Å². The van der Waals surface area contributed by atoms with Crippen molar-refractivity contribution in [2.45, 2.75) is 51.0 Å². The minimum atomic E-state index is -3.88. The lowest BCUT2D eigenvalue weighted by atomic mass is 9.89. The van der Waals surface area contributed by atoms with Crippen LogP contribution in [-0.2, 0) is 21.3 Å². The molecule has 36 heavy (non-hydrogen) atoms. The molecule has 0 spiro atoms. The number of alkyl halides is 3. The van der Waals surface area contributed by atoms with Crippen LogP contribution >= 0.6 is 34.8 Å². The van der Waals surface area contributed by atoms with Crippen molar-refractivity contribution in [3.8, 4) is 0 Å². The van der Waals surface area contributed by atoms with Crippen molar-refractivity contribution in [3.05, 3.63) is 66.5 Å². The van der Waals surface area contributed by atoms with Gasteiger partial charge in [-0.3, -0.25) is 4.79 Å². The second-order valence-corrected chi connectivity index (χ2v) is 10.6. The first-order chi connectivity index (χ1) is 16.6. The number of nitrogens with zero attached hydrogens (tertiary/aromatic N) is 1. The third-order valence-electron chi connectivity index (χ3n) is 5.46. The topological polar surface area (TPSA) is 88.7 Å². The highest BCUT2D eigenvalue weighted by atomic mass is 35.5. The van der Waals surface area contributed by atoms with Crippen LogP contribution in [0.3, 0.4) is 0 Å². The molecular formula is C24H25Cl3F2N2O5. The van der Waals surface area contributed by atoms with E-state index in [0.29, 0.717) is 24.2 Å². The van der Waals surface area contributed by atoms with Gasteiger partial charge in [0.05, 0.1) is 6.61 Å². The highest BCUT2D eigenvalue weighted by Crippen LogP contribution is 2.39. The number of nitrogens with one attached hydrogen (secondary N) is 1. The number of aromatic nitrogens is 1. The first-order valence-corrected chi connectivity index (χ1v) is 12.2. The number of carbonyl (C=O) groups excluding carboxylic acids is 2. The largest absolute Gasteiger partial charge is 0.462 e. The Kier molecular flexibility index (Phi) is 8.27. The van der Waals surface area contributed by atoms with Crippen LogP contribution in [-0.4, -0.2) is 47.2 Å². The van der Waals surface area contributed by atoms with E-state index in [-0.39, 0.29) is 34.6 Å². The second kappa shape index (κ2) is 10.6. The van der Waals surface area contributed by atoms with E-state index in [9.17, 15) is 23.2 Å². The molecule has 0 unspecified atom stereocenters. The number of H-pyrrole nitrogens is 1. The molecule has 12 heteroatoms. The van der Waals surface area contributed by atoms with Gasteiger partial charge in [0.1, 0.15) is 16.9 Å². The van der Waals surface area contributed by atoms with E-state index >= 15 is 0 Å². The molecule has 3 rings (SSSR count). The summed E-state index contributed by atoms with van der Waals surface area (Å²) in [6.45, 7) is 7.55. The predicted molar refractivity (Wildman–Crippen MR) is 133 cm³/mol. The molecule has 1 amide bonds. The Bertz CT molecular complexity index is 1230. The molecular weight excluding hydrogens is 541 g/mol. The predicted octanol–water partition coefficient (Wildman–Crippen LogP) is 6.07. The van der Waals surface area contributed by atoms with E-state index in [2.05, 4.69) is 0 Å².